The molecule has 0 radical (unpaired) electrons. The van der Waals surface area contributed by atoms with Crippen molar-refractivity contribution >= 4 is 38.5 Å². The summed E-state index contributed by atoms with van der Waals surface area (Å²) in [5.41, 5.74) is 0.448. The van der Waals surface area contributed by atoms with Crippen LogP contribution >= 0.6 is 11.8 Å². The summed E-state index contributed by atoms with van der Waals surface area (Å²) in [7, 11) is -2.57. The van der Waals surface area contributed by atoms with Gasteiger partial charge in [-0.1, -0.05) is 23.9 Å². The van der Waals surface area contributed by atoms with Gasteiger partial charge in [0.05, 0.1) is 24.4 Å². The van der Waals surface area contributed by atoms with Gasteiger partial charge >= 0.3 is 0 Å². The first-order chi connectivity index (χ1) is 13.0. The van der Waals surface area contributed by atoms with E-state index in [-0.39, 0.29) is 15.8 Å². The first kappa shape index (κ1) is 19.2. The molecule has 9 heteroatoms. The molecule has 0 aromatic heterocycles. The zero-order valence-electron chi connectivity index (χ0n) is 14.8. The van der Waals surface area contributed by atoms with Gasteiger partial charge in [0.1, 0.15) is 17.2 Å². The fourth-order valence-electron chi connectivity index (χ4n) is 2.47. The van der Waals surface area contributed by atoms with Gasteiger partial charge in [-0.2, -0.15) is 4.31 Å². The highest BCUT2D eigenvalue weighted by atomic mass is 32.2. The van der Waals surface area contributed by atoms with Crippen LogP contribution in [0.3, 0.4) is 0 Å². The van der Waals surface area contributed by atoms with E-state index in [4.69, 9.17) is 9.47 Å². The molecule has 1 fully saturated rings. The largest absolute Gasteiger partial charge is 0.494 e. The molecule has 27 heavy (non-hydrogen) atoms. The Morgan fingerprint density at radius 3 is 2.52 bits per heavy atom. The first-order valence-corrected chi connectivity index (χ1v) is 10.6. The Bertz CT molecular complexity index is 972. The van der Waals surface area contributed by atoms with Gasteiger partial charge in [-0.05, 0) is 43.3 Å². The smallest absolute Gasteiger partial charge is 0.272 e. The quantitative estimate of drug-likeness (QED) is 0.733. The maximum absolute atomic E-state index is 13.0. The SMILES string of the molecule is CCOc1ccc(S(=O)(=O)N2C(=O)CSC2=Nc2ccccc2OC)cc1. The molecule has 1 aliphatic heterocycles. The number of methoxy groups -OCH3 is 1. The zero-order chi connectivity index (χ0) is 19.4. The number of hydrogen-bond acceptors (Lipinski definition) is 7. The number of ether oxygens (including phenoxy) is 2. The molecule has 142 valence electrons. The minimum Gasteiger partial charge on any atom is -0.494 e. The lowest BCUT2D eigenvalue weighted by molar-refractivity contribution is -0.120. The van der Waals surface area contributed by atoms with Gasteiger partial charge in [0.2, 0.25) is 0 Å². The fourth-order valence-corrected chi connectivity index (χ4v) is 5.04. The first-order valence-electron chi connectivity index (χ1n) is 8.13. The van der Waals surface area contributed by atoms with Crippen molar-refractivity contribution in [1.29, 1.82) is 0 Å². The molecular formula is C18H18N2O5S2. The van der Waals surface area contributed by atoms with Crippen LogP contribution in [0.1, 0.15) is 6.92 Å². The predicted octanol–water partition coefficient (Wildman–Crippen LogP) is 3.05. The summed E-state index contributed by atoms with van der Waals surface area (Å²) in [6, 6.07) is 12.9. The molecule has 0 aliphatic carbocycles. The summed E-state index contributed by atoms with van der Waals surface area (Å²) in [6.07, 6.45) is 0. The van der Waals surface area contributed by atoms with Gasteiger partial charge in [-0.15, -0.1) is 0 Å². The predicted molar refractivity (Wildman–Crippen MR) is 104 cm³/mol. The summed E-state index contributed by atoms with van der Waals surface area (Å²) in [4.78, 5) is 16.7. The van der Waals surface area contributed by atoms with Crippen molar-refractivity contribution in [1.82, 2.24) is 4.31 Å². The molecule has 7 nitrogen and oxygen atoms in total. The second-order valence-electron chi connectivity index (χ2n) is 5.42. The third-order valence-electron chi connectivity index (χ3n) is 3.70. The Labute approximate surface area is 162 Å². The van der Waals surface area contributed by atoms with Crippen molar-refractivity contribution in [2.75, 3.05) is 19.5 Å². The number of hydrogen-bond donors (Lipinski definition) is 0. The normalized spacial score (nSPS) is 16.0. The molecule has 0 unspecified atom stereocenters. The number of aliphatic imine (C=N–C) groups is 1. The van der Waals surface area contributed by atoms with E-state index in [0.717, 1.165) is 16.1 Å². The van der Waals surface area contributed by atoms with E-state index in [0.29, 0.717) is 23.8 Å². The lowest BCUT2D eigenvalue weighted by Crippen LogP contribution is -2.35. The molecular weight excluding hydrogens is 388 g/mol. The number of sulfonamides is 1. The summed E-state index contributed by atoms with van der Waals surface area (Å²) in [5.74, 6) is 0.511. The Morgan fingerprint density at radius 2 is 1.85 bits per heavy atom. The number of benzene rings is 2. The van der Waals surface area contributed by atoms with Crippen LogP contribution in [0.15, 0.2) is 58.4 Å². The van der Waals surface area contributed by atoms with Gasteiger partial charge in [0.25, 0.3) is 15.9 Å². The average Bonchev–Trinajstić information content (AvgIpc) is 3.04. The Kier molecular flexibility index (Phi) is 5.71. The number of amides is 1. The van der Waals surface area contributed by atoms with Gasteiger partial charge in [0.15, 0.2) is 5.17 Å². The number of amidine groups is 1. The molecule has 1 heterocycles. The maximum Gasteiger partial charge on any atom is 0.272 e. The standard InChI is InChI=1S/C18H18N2O5S2/c1-3-25-13-8-10-14(11-9-13)27(22,23)20-17(21)12-26-18(20)19-15-6-4-5-7-16(15)24-2/h4-11H,3,12H2,1-2H3. The Morgan fingerprint density at radius 1 is 1.15 bits per heavy atom. The second kappa shape index (κ2) is 8.01. The molecule has 0 N–H and O–H groups in total. The number of thioether (sulfide) groups is 1. The van der Waals surface area contributed by atoms with Crippen molar-refractivity contribution in [2.45, 2.75) is 11.8 Å². The second-order valence-corrected chi connectivity index (χ2v) is 8.15. The van der Waals surface area contributed by atoms with Crippen LogP contribution < -0.4 is 9.47 Å². The van der Waals surface area contributed by atoms with Crippen molar-refractivity contribution in [3.05, 3.63) is 48.5 Å². The van der Waals surface area contributed by atoms with Crippen LogP contribution in [-0.2, 0) is 14.8 Å². The van der Waals surface area contributed by atoms with Crippen molar-refractivity contribution in [3.8, 4) is 11.5 Å². The van der Waals surface area contributed by atoms with Crippen LogP contribution in [0.2, 0.25) is 0 Å². The molecule has 1 amide bonds. The fraction of sp³-hybridized carbons (Fsp3) is 0.222. The van der Waals surface area contributed by atoms with Gasteiger partial charge < -0.3 is 9.47 Å². The summed E-state index contributed by atoms with van der Waals surface area (Å²) < 4.78 is 37.3. The van der Waals surface area contributed by atoms with Gasteiger partial charge in [0, 0.05) is 0 Å². The van der Waals surface area contributed by atoms with E-state index in [1.807, 2.05) is 6.92 Å². The lowest BCUT2D eigenvalue weighted by Gasteiger charge is -2.17. The maximum atomic E-state index is 13.0. The molecule has 1 aliphatic rings. The topological polar surface area (TPSA) is 85.3 Å². The Balaban J connectivity index is 1.99. The van der Waals surface area contributed by atoms with Crippen LogP contribution in [0.5, 0.6) is 11.5 Å². The number of carbonyl (C=O) groups excluding carboxylic acids is 1. The summed E-state index contributed by atoms with van der Waals surface area (Å²) in [6.45, 7) is 2.31. The third-order valence-corrected chi connectivity index (χ3v) is 6.46. The highest BCUT2D eigenvalue weighted by molar-refractivity contribution is 8.16. The molecule has 1 saturated heterocycles. The van der Waals surface area contributed by atoms with Crippen LogP contribution in [-0.4, -0.2) is 43.3 Å². The highest BCUT2D eigenvalue weighted by Crippen LogP contribution is 2.33. The van der Waals surface area contributed by atoms with E-state index >= 15 is 0 Å². The summed E-state index contributed by atoms with van der Waals surface area (Å²) >= 11 is 1.07. The zero-order valence-corrected chi connectivity index (χ0v) is 16.4. The Hall–Kier alpha value is -2.52. The molecule has 0 saturated carbocycles. The van der Waals surface area contributed by atoms with Gasteiger partial charge in [-0.25, -0.2) is 13.4 Å². The average molecular weight is 406 g/mol. The number of para-hydroxylation sites is 2. The summed E-state index contributed by atoms with van der Waals surface area (Å²) in [5, 5.41) is 0.0957. The third kappa shape index (κ3) is 3.93. The minimum atomic E-state index is -4.07. The van der Waals surface area contributed by atoms with Crippen LogP contribution in [0.4, 0.5) is 5.69 Å². The van der Waals surface area contributed by atoms with E-state index in [2.05, 4.69) is 4.99 Å². The van der Waals surface area contributed by atoms with E-state index < -0.39 is 15.9 Å². The van der Waals surface area contributed by atoms with E-state index in [9.17, 15) is 13.2 Å². The molecule has 3 rings (SSSR count). The lowest BCUT2D eigenvalue weighted by atomic mass is 10.3. The van der Waals surface area contributed by atoms with Gasteiger partial charge in [-0.3, -0.25) is 4.79 Å². The number of nitrogens with zero attached hydrogens (tertiary/aromatic N) is 2. The monoisotopic (exact) mass is 406 g/mol. The highest BCUT2D eigenvalue weighted by Gasteiger charge is 2.39. The number of rotatable bonds is 6. The van der Waals surface area contributed by atoms with Crippen molar-refractivity contribution in [3.63, 3.8) is 0 Å². The van der Waals surface area contributed by atoms with Crippen molar-refractivity contribution in [2.24, 2.45) is 4.99 Å². The molecule has 0 spiro atoms. The molecule has 2 aromatic rings. The number of carbonyl (C=O) groups is 1. The molecule has 0 atom stereocenters. The molecule has 0 bridgehead atoms. The van der Waals surface area contributed by atoms with Crippen LogP contribution in [0, 0.1) is 0 Å². The van der Waals surface area contributed by atoms with Crippen LogP contribution in [0.25, 0.3) is 0 Å². The molecule has 2 aromatic carbocycles. The van der Waals surface area contributed by atoms with E-state index in [1.54, 1.807) is 36.4 Å². The van der Waals surface area contributed by atoms with Crippen molar-refractivity contribution < 1.29 is 22.7 Å². The minimum absolute atomic E-state index is 0.00421. The van der Waals surface area contributed by atoms with E-state index in [1.165, 1.54) is 19.2 Å².